The molecule has 0 radical (unpaired) electrons. The van der Waals surface area contributed by atoms with Crippen LogP contribution in [0.2, 0.25) is 0 Å². The number of rotatable bonds is 1. The molecule has 0 saturated carbocycles. The van der Waals surface area contributed by atoms with Crippen LogP contribution in [0.15, 0.2) is 12.1 Å². The summed E-state index contributed by atoms with van der Waals surface area (Å²) in [6.45, 7) is 5.59. The fourth-order valence-electron chi connectivity index (χ4n) is 1.58. The fraction of sp³-hybridized carbons (Fsp3) is 0.364. The highest BCUT2D eigenvalue weighted by Gasteiger charge is 2.26. The van der Waals surface area contributed by atoms with Gasteiger partial charge in [-0.05, 0) is 22.6 Å². The lowest BCUT2D eigenvalue weighted by Gasteiger charge is -2.18. The van der Waals surface area contributed by atoms with E-state index < -0.39 is 17.0 Å². The first-order valence-electron chi connectivity index (χ1n) is 5.35. The van der Waals surface area contributed by atoms with Crippen LogP contribution in [0.25, 0.3) is 5.69 Å². The van der Waals surface area contributed by atoms with E-state index in [0.717, 1.165) is 10.7 Å². The predicted molar refractivity (Wildman–Crippen MR) is 62.2 cm³/mol. The number of tetrazole rings is 1. The summed E-state index contributed by atoms with van der Waals surface area (Å²) in [5.41, 5.74) is 5.16. The van der Waals surface area contributed by atoms with Gasteiger partial charge in [-0.15, -0.1) is 5.10 Å². The number of benzene rings is 1. The Kier molecular flexibility index (Phi) is 2.76. The standard InChI is InChI=1S/C11H13F2N5/c1-11(2,3)10-15-16-17-18(10)9-7(14)5-4-6(12)8(9)13/h4-5H,14H2,1-3H3. The molecule has 0 saturated heterocycles. The van der Waals surface area contributed by atoms with Crippen LogP contribution in [-0.4, -0.2) is 20.2 Å². The van der Waals surface area contributed by atoms with Gasteiger partial charge in [0, 0.05) is 5.41 Å². The summed E-state index contributed by atoms with van der Waals surface area (Å²) >= 11 is 0. The Bertz CT molecular complexity index is 586. The zero-order valence-electron chi connectivity index (χ0n) is 10.3. The van der Waals surface area contributed by atoms with E-state index in [1.165, 1.54) is 6.07 Å². The summed E-state index contributed by atoms with van der Waals surface area (Å²) in [6.07, 6.45) is 0. The van der Waals surface area contributed by atoms with Gasteiger partial charge >= 0.3 is 0 Å². The van der Waals surface area contributed by atoms with Gasteiger partial charge in [0.25, 0.3) is 0 Å². The van der Waals surface area contributed by atoms with E-state index in [0.29, 0.717) is 5.82 Å². The Morgan fingerprint density at radius 1 is 1.22 bits per heavy atom. The monoisotopic (exact) mass is 253 g/mol. The number of anilines is 1. The Morgan fingerprint density at radius 3 is 2.50 bits per heavy atom. The first-order chi connectivity index (χ1) is 8.32. The van der Waals surface area contributed by atoms with Crippen LogP contribution in [0.3, 0.4) is 0 Å². The van der Waals surface area contributed by atoms with E-state index in [1.54, 1.807) is 0 Å². The van der Waals surface area contributed by atoms with Crippen LogP contribution in [-0.2, 0) is 5.41 Å². The molecule has 0 unspecified atom stereocenters. The van der Waals surface area contributed by atoms with Crippen molar-refractivity contribution >= 4 is 5.69 Å². The minimum atomic E-state index is -1.06. The Morgan fingerprint density at radius 2 is 1.89 bits per heavy atom. The van der Waals surface area contributed by atoms with Crippen LogP contribution >= 0.6 is 0 Å². The highest BCUT2D eigenvalue weighted by Crippen LogP contribution is 2.27. The highest BCUT2D eigenvalue weighted by molar-refractivity contribution is 5.58. The van der Waals surface area contributed by atoms with E-state index >= 15 is 0 Å². The molecule has 0 atom stereocenters. The second-order valence-electron chi connectivity index (χ2n) is 4.96. The van der Waals surface area contributed by atoms with E-state index in [9.17, 15) is 8.78 Å². The highest BCUT2D eigenvalue weighted by atomic mass is 19.2. The molecule has 1 aromatic heterocycles. The maximum Gasteiger partial charge on any atom is 0.186 e. The van der Waals surface area contributed by atoms with Gasteiger partial charge in [0.1, 0.15) is 5.69 Å². The molecule has 7 heteroatoms. The van der Waals surface area contributed by atoms with Crippen molar-refractivity contribution in [3.63, 3.8) is 0 Å². The van der Waals surface area contributed by atoms with Gasteiger partial charge in [0.05, 0.1) is 5.69 Å². The third-order valence-electron chi connectivity index (χ3n) is 2.45. The number of hydrogen-bond donors (Lipinski definition) is 1. The van der Waals surface area contributed by atoms with E-state index in [4.69, 9.17) is 5.73 Å². The molecule has 0 aliphatic rings. The maximum atomic E-state index is 13.8. The second kappa shape index (κ2) is 4.01. The number of aromatic nitrogens is 4. The third kappa shape index (κ3) is 1.92. The largest absolute Gasteiger partial charge is 0.397 e. The Balaban J connectivity index is 2.71. The Labute approximate surface area is 103 Å². The van der Waals surface area contributed by atoms with Crippen molar-refractivity contribution in [1.29, 1.82) is 0 Å². The molecule has 0 bridgehead atoms. The molecule has 0 spiro atoms. The molecule has 96 valence electrons. The van der Waals surface area contributed by atoms with Gasteiger partial charge in [-0.1, -0.05) is 20.8 Å². The molecular weight excluding hydrogens is 240 g/mol. The lowest BCUT2D eigenvalue weighted by molar-refractivity contribution is 0.487. The molecule has 0 aliphatic carbocycles. The van der Waals surface area contributed by atoms with Gasteiger partial charge < -0.3 is 5.73 Å². The van der Waals surface area contributed by atoms with Gasteiger partial charge in [0.15, 0.2) is 17.5 Å². The van der Waals surface area contributed by atoms with E-state index in [-0.39, 0.29) is 11.4 Å². The van der Waals surface area contributed by atoms with Crippen molar-refractivity contribution < 1.29 is 8.78 Å². The zero-order valence-corrected chi connectivity index (χ0v) is 10.3. The average Bonchev–Trinajstić information content (AvgIpc) is 2.73. The summed E-state index contributed by atoms with van der Waals surface area (Å²) in [4.78, 5) is 0. The topological polar surface area (TPSA) is 69.6 Å². The summed E-state index contributed by atoms with van der Waals surface area (Å²) in [7, 11) is 0. The number of nitrogen functional groups attached to an aromatic ring is 1. The number of hydrogen-bond acceptors (Lipinski definition) is 4. The second-order valence-corrected chi connectivity index (χ2v) is 4.96. The van der Waals surface area contributed by atoms with Gasteiger partial charge in [-0.3, -0.25) is 0 Å². The molecule has 2 N–H and O–H groups in total. The first kappa shape index (κ1) is 12.4. The van der Waals surface area contributed by atoms with Crippen LogP contribution in [0.1, 0.15) is 26.6 Å². The van der Waals surface area contributed by atoms with Crippen LogP contribution in [0.5, 0.6) is 0 Å². The van der Waals surface area contributed by atoms with E-state index in [2.05, 4.69) is 15.5 Å². The molecule has 0 aliphatic heterocycles. The first-order valence-corrected chi connectivity index (χ1v) is 5.35. The molecule has 1 aromatic carbocycles. The van der Waals surface area contributed by atoms with E-state index in [1.807, 2.05) is 20.8 Å². The Hall–Kier alpha value is -2.05. The molecule has 2 aromatic rings. The van der Waals surface area contributed by atoms with Crippen LogP contribution in [0.4, 0.5) is 14.5 Å². The summed E-state index contributed by atoms with van der Waals surface area (Å²) < 4.78 is 28.2. The smallest absolute Gasteiger partial charge is 0.186 e. The van der Waals surface area contributed by atoms with Crippen LogP contribution < -0.4 is 5.73 Å². The number of halogens is 2. The number of nitrogens with two attached hydrogens (primary N) is 1. The third-order valence-corrected chi connectivity index (χ3v) is 2.45. The predicted octanol–water partition coefficient (Wildman–Crippen LogP) is 1.82. The summed E-state index contributed by atoms with van der Waals surface area (Å²) in [5, 5.41) is 11.0. The van der Waals surface area contributed by atoms with Gasteiger partial charge in [-0.25, -0.2) is 8.78 Å². The SMILES string of the molecule is CC(C)(C)c1nnnn1-c1c(N)ccc(F)c1F. The number of nitrogens with zero attached hydrogens (tertiary/aromatic N) is 4. The molecule has 0 amide bonds. The molecule has 1 heterocycles. The fourth-order valence-corrected chi connectivity index (χ4v) is 1.58. The summed E-state index contributed by atoms with van der Waals surface area (Å²) in [5.74, 6) is -1.65. The van der Waals surface area contributed by atoms with Crippen molar-refractivity contribution in [2.45, 2.75) is 26.2 Å². The van der Waals surface area contributed by atoms with Crippen molar-refractivity contribution in [3.05, 3.63) is 29.6 Å². The lowest BCUT2D eigenvalue weighted by Crippen LogP contribution is -2.20. The van der Waals surface area contributed by atoms with Crippen LogP contribution in [0, 0.1) is 11.6 Å². The van der Waals surface area contributed by atoms with Gasteiger partial charge in [-0.2, -0.15) is 4.68 Å². The minimum Gasteiger partial charge on any atom is -0.397 e. The zero-order chi connectivity index (χ0) is 13.5. The molecule has 0 fully saturated rings. The summed E-state index contributed by atoms with van der Waals surface area (Å²) in [6, 6.07) is 2.25. The maximum absolute atomic E-state index is 13.8. The molecule has 18 heavy (non-hydrogen) atoms. The van der Waals surface area contributed by atoms with Crippen molar-refractivity contribution in [2.24, 2.45) is 0 Å². The van der Waals surface area contributed by atoms with Crippen molar-refractivity contribution in [3.8, 4) is 5.69 Å². The minimum absolute atomic E-state index is 0.0756. The molecule has 2 rings (SSSR count). The van der Waals surface area contributed by atoms with Crippen molar-refractivity contribution in [1.82, 2.24) is 20.2 Å². The van der Waals surface area contributed by atoms with Gasteiger partial charge in [0.2, 0.25) is 0 Å². The normalized spacial score (nSPS) is 11.8. The molecular formula is C11H13F2N5. The lowest BCUT2D eigenvalue weighted by atomic mass is 9.95. The van der Waals surface area contributed by atoms with Crippen molar-refractivity contribution in [2.75, 3.05) is 5.73 Å². The molecule has 5 nitrogen and oxygen atoms in total. The quantitative estimate of drug-likeness (QED) is 0.787. The average molecular weight is 253 g/mol.